The van der Waals surface area contributed by atoms with Crippen molar-refractivity contribution in [2.75, 3.05) is 13.2 Å². The molecule has 1 saturated carbocycles. The van der Waals surface area contributed by atoms with Crippen LogP contribution in [0.2, 0.25) is 10.0 Å². The highest BCUT2D eigenvalue weighted by molar-refractivity contribution is 6.33. The van der Waals surface area contributed by atoms with E-state index < -0.39 is 11.4 Å². The van der Waals surface area contributed by atoms with Crippen molar-refractivity contribution >= 4 is 35.0 Å². The Kier molecular flexibility index (Phi) is 7.94. The molecule has 2 aromatic carbocycles. The molecule has 0 aliphatic heterocycles. The van der Waals surface area contributed by atoms with Crippen LogP contribution >= 0.6 is 23.2 Å². The highest BCUT2D eigenvalue weighted by Gasteiger charge is 2.42. The maximum atomic E-state index is 13.5. The number of ether oxygens (including phenoxy) is 2. The summed E-state index contributed by atoms with van der Waals surface area (Å²) in [4.78, 5) is 24.7. The number of benzene rings is 2. The van der Waals surface area contributed by atoms with Gasteiger partial charge in [-0.2, -0.15) is 0 Å². The molecule has 0 atom stereocenters. The molecule has 1 aromatic heterocycles. The Morgan fingerprint density at radius 3 is 2.30 bits per heavy atom. The normalized spacial score (nSPS) is 18.6. The third kappa shape index (κ3) is 6.53. The molecule has 196 valence electrons. The van der Waals surface area contributed by atoms with Crippen LogP contribution in [0.15, 0.2) is 40.9 Å². The molecule has 2 amide bonds. The Labute approximate surface area is 223 Å². The minimum atomic E-state index is -0.619. The molecule has 0 unspecified atom stereocenters. The topological polar surface area (TPSA) is 103 Å². The molecule has 1 aliphatic carbocycles. The number of carbonyl (C=O) groups is 2. The highest BCUT2D eigenvalue weighted by Crippen LogP contribution is 2.35. The van der Waals surface area contributed by atoms with Gasteiger partial charge in [0.2, 0.25) is 0 Å². The summed E-state index contributed by atoms with van der Waals surface area (Å²) >= 11 is 12.0. The largest absolute Gasteiger partial charge is 0.484 e. The quantitative estimate of drug-likeness (QED) is 0.388. The van der Waals surface area contributed by atoms with Crippen molar-refractivity contribution in [3.8, 4) is 22.6 Å². The molecule has 0 spiro atoms. The third-order valence-electron chi connectivity index (χ3n) is 6.07. The summed E-state index contributed by atoms with van der Waals surface area (Å²) in [6.07, 6.45) is 1.11. The first-order valence-electron chi connectivity index (χ1n) is 11.6. The number of nitrogens with zero attached hydrogens (tertiary/aromatic N) is 1. The molecule has 3 aromatic rings. The fraction of sp³-hybridized carbons (Fsp3) is 0.346. The number of amides is 2. The Bertz CT molecular complexity index is 1300. The number of aryl methyl sites for hydroxylation is 2. The van der Waals surface area contributed by atoms with E-state index in [1.54, 1.807) is 25.1 Å². The van der Waals surface area contributed by atoms with Crippen LogP contribution in [0.5, 0.6) is 11.5 Å². The molecular weight excluding hydrogens is 524 g/mol. The molecule has 8 nitrogen and oxygen atoms in total. The van der Waals surface area contributed by atoms with Crippen molar-refractivity contribution in [3.63, 3.8) is 0 Å². The van der Waals surface area contributed by atoms with Gasteiger partial charge in [-0.15, -0.1) is 0 Å². The van der Waals surface area contributed by atoms with Gasteiger partial charge in [0, 0.05) is 33.8 Å². The maximum absolute atomic E-state index is 13.5. The third-order valence-corrected chi connectivity index (χ3v) is 6.71. The SMILES string of the molecule is Cc1noc(C)c1-c1cc(OCC(=O)NC2(C)CC(NC(=O)COc3ccc(Cl)c(F)c3)C2)ccc1Cl. The van der Waals surface area contributed by atoms with Gasteiger partial charge in [0.25, 0.3) is 11.8 Å². The van der Waals surface area contributed by atoms with Gasteiger partial charge in [-0.25, -0.2) is 4.39 Å². The van der Waals surface area contributed by atoms with E-state index in [-0.39, 0.29) is 41.8 Å². The first kappa shape index (κ1) is 26.8. The van der Waals surface area contributed by atoms with Gasteiger partial charge in [0.1, 0.15) is 23.1 Å². The predicted molar refractivity (Wildman–Crippen MR) is 137 cm³/mol. The fourth-order valence-electron chi connectivity index (χ4n) is 4.39. The van der Waals surface area contributed by atoms with Gasteiger partial charge in [0.05, 0.1) is 10.7 Å². The van der Waals surface area contributed by atoms with Crippen molar-refractivity contribution in [2.45, 2.75) is 45.2 Å². The van der Waals surface area contributed by atoms with Gasteiger partial charge < -0.3 is 24.6 Å². The van der Waals surface area contributed by atoms with Crippen LogP contribution in [-0.2, 0) is 9.59 Å². The van der Waals surface area contributed by atoms with E-state index in [0.29, 0.717) is 40.6 Å². The van der Waals surface area contributed by atoms with Crippen LogP contribution in [-0.4, -0.2) is 41.8 Å². The molecule has 11 heteroatoms. The number of halogens is 3. The summed E-state index contributed by atoms with van der Waals surface area (Å²) in [5.41, 5.74) is 1.74. The van der Waals surface area contributed by atoms with Gasteiger partial charge in [0.15, 0.2) is 13.2 Å². The smallest absolute Gasteiger partial charge is 0.258 e. The summed E-state index contributed by atoms with van der Waals surface area (Å²) < 4.78 is 29.7. The van der Waals surface area contributed by atoms with Crippen LogP contribution in [0.25, 0.3) is 11.1 Å². The fourth-order valence-corrected chi connectivity index (χ4v) is 4.72. The molecule has 1 fully saturated rings. The Morgan fingerprint density at radius 2 is 1.68 bits per heavy atom. The molecule has 4 rings (SSSR count). The number of aromatic nitrogens is 1. The predicted octanol–water partition coefficient (Wildman–Crippen LogP) is 5.02. The minimum Gasteiger partial charge on any atom is -0.484 e. The summed E-state index contributed by atoms with van der Waals surface area (Å²) in [6, 6.07) is 8.99. The standard InChI is InChI=1S/C26H26Cl2FN3O5/c1-14-25(15(2)37-32-14)19-8-17(4-6-20(19)27)36-13-24(34)31-26(3)10-16(11-26)30-23(33)12-35-18-5-7-21(28)22(29)9-18/h4-9,16H,10-13H2,1-3H3,(H,30,33)(H,31,34). The van der Waals surface area contributed by atoms with E-state index in [1.165, 1.54) is 12.1 Å². The summed E-state index contributed by atoms with van der Waals surface area (Å²) in [7, 11) is 0. The Hall–Kier alpha value is -3.30. The van der Waals surface area contributed by atoms with E-state index >= 15 is 0 Å². The lowest BCUT2D eigenvalue weighted by Crippen LogP contribution is -2.62. The summed E-state index contributed by atoms with van der Waals surface area (Å²) in [6.45, 7) is 5.09. The van der Waals surface area contributed by atoms with Crippen molar-refractivity contribution in [2.24, 2.45) is 0 Å². The van der Waals surface area contributed by atoms with Crippen molar-refractivity contribution in [1.82, 2.24) is 15.8 Å². The first-order chi connectivity index (χ1) is 17.5. The van der Waals surface area contributed by atoms with E-state index in [2.05, 4.69) is 15.8 Å². The summed E-state index contributed by atoms with van der Waals surface area (Å²) in [5, 5.41) is 10.3. The van der Waals surface area contributed by atoms with Crippen LogP contribution in [0.1, 0.15) is 31.2 Å². The van der Waals surface area contributed by atoms with E-state index in [4.69, 9.17) is 37.2 Å². The number of nitrogens with one attached hydrogen (secondary N) is 2. The molecule has 37 heavy (non-hydrogen) atoms. The second-order valence-electron chi connectivity index (χ2n) is 9.28. The van der Waals surface area contributed by atoms with Crippen LogP contribution in [0.4, 0.5) is 4.39 Å². The van der Waals surface area contributed by atoms with Gasteiger partial charge >= 0.3 is 0 Å². The van der Waals surface area contributed by atoms with Gasteiger partial charge in [-0.1, -0.05) is 28.4 Å². The maximum Gasteiger partial charge on any atom is 0.258 e. The lowest BCUT2D eigenvalue weighted by molar-refractivity contribution is -0.127. The molecule has 1 aliphatic rings. The zero-order chi connectivity index (χ0) is 26.7. The highest BCUT2D eigenvalue weighted by atomic mass is 35.5. The summed E-state index contributed by atoms with van der Waals surface area (Å²) in [5.74, 6) is 0.0923. The lowest BCUT2D eigenvalue weighted by Gasteiger charge is -2.45. The Morgan fingerprint density at radius 1 is 1.05 bits per heavy atom. The van der Waals surface area contributed by atoms with E-state index in [1.807, 2.05) is 13.8 Å². The van der Waals surface area contributed by atoms with Gasteiger partial charge in [-0.3, -0.25) is 9.59 Å². The average molecular weight is 550 g/mol. The average Bonchev–Trinajstić information content (AvgIpc) is 3.16. The van der Waals surface area contributed by atoms with Crippen molar-refractivity contribution in [3.05, 3.63) is 63.7 Å². The monoisotopic (exact) mass is 549 g/mol. The first-order valence-corrected chi connectivity index (χ1v) is 12.3. The number of hydrogen-bond acceptors (Lipinski definition) is 6. The molecule has 1 heterocycles. The molecular formula is C26H26Cl2FN3O5. The number of carbonyl (C=O) groups excluding carboxylic acids is 2. The zero-order valence-corrected chi connectivity index (χ0v) is 22.0. The Balaban J connectivity index is 1.22. The van der Waals surface area contributed by atoms with Crippen LogP contribution in [0.3, 0.4) is 0 Å². The van der Waals surface area contributed by atoms with Crippen LogP contribution < -0.4 is 20.1 Å². The van der Waals surface area contributed by atoms with Crippen molar-refractivity contribution in [1.29, 1.82) is 0 Å². The lowest BCUT2D eigenvalue weighted by atomic mass is 9.74. The minimum absolute atomic E-state index is 0.0205. The molecule has 0 radical (unpaired) electrons. The molecule has 2 N–H and O–H groups in total. The van der Waals surface area contributed by atoms with E-state index in [0.717, 1.165) is 11.6 Å². The van der Waals surface area contributed by atoms with Crippen molar-refractivity contribution < 1.29 is 28.0 Å². The van der Waals surface area contributed by atoms with Crippen LogP contribution in [0, 0.1) is 19.7 Å². The second kappa shape index (κ2) is 11.0. The molecule has 0 saturated heterocycles. The number of hydrogen-bond donors (Lipinski definition) is 2. The van der Waals surface area contributed by atoms with Gasteiger partial charge in [-0.05, 0) is 63.9 Å². The zero-order valence-electron chi connectivity index (χ0n) is 20.5. The van der Waals surface area contributed by atoms with E-state index in [9.17, 15) is 14.0 Å². The second-order valence-corrected chi connectivity index (χ2v) is 10.1. The number of rotatable bonds is 9. The molecule has 0 bridgehead atoms.